The molecule has 0 radical (unpaired) electrons. The maximum Gasteiger partial charge on any atom is 0.132 e. The number of benzene rings is 7. The van der Waals surface area contributed by atoms with Crippen molar-refractivity contribution >= 4 is 17.1 Å². The Labute approximate surface area is 288 Å². The summed E-state index contributed by atoms with van der Waals surface area (Å²) in [5, 5.41) is 0. The summed E-state index contributed by atoms with van der Waals surface area (Å²) in [6, 6.07) is 61.6. The van der Waals surface area contributed by atoms with Gasteiger partial charge in [-0.25, -0.2) is 0 Å². The zero-order chi connectivity index (χ0) is 33.2. The Hall–Kier alpha value is -5.86. The van der Waals surface area contributed by atoms with Crippen LogP contribution in [0, 0.1) is 0 Å². The van der Waals surface area contributed by atoms with Gasteiger partial charge in [0.1, 0.15) is 11.5 Å². The SMILES string of the molecule is CC(C)(C)c1ccc(-c2ccc(N(c3ccccc3)c3ccc4c(c3)C3(c5ccccc5O4)c4ccccc4-c4ccccc43)cc2)cc1. The highest BCUT2D eigenvalue weighted by Gasteiger charge is 2.51. The second-order valence-electron chi connectivity index (χ2n) is 14.2. The first-order valence-electron chi connectivity index (χ1n) is 17.1. The standard InChI is InChI=1S/C47H37NO/c1-46(2,3)34-25-21-32(22-26-34)33-23-27-36(28-24-33)48(35-13-5-4-6-14-35)37-29-30-45-43(31-37)47(42-19-11-12-20-44(42)49-45)40-17-9-7-15-38(40)39-16-8-10-18-41(39)47/h4-31H,1-3H3. The summed E-state index contributed by atoms with van der Waals surface area (Å²) in [4.78, 5) is 2.35. The Morgan fingerprint density at radius 3 is 1.55 bits per heavy atom. The van der Waals surface area contributed by atoms with Crippen LogP contribution in [0.3, 0.4) is 0 Å². The maximum atomic E-state index is 6.72. The van der Waals surface area contributed by atoms with E-state index in [2.05, 4.69) is 196 Å². The Morgan fingerprint density at radius 2 is 0.918 bits per heavy atom. The molecular formula is C47H37NO. The number of fused-ring (bicyclic) bond motifs is 9. The molecule has 0 saturated carbocycles. The minimum absolute atomic E-state index is 0.127. The van der Waals surface area contributed by atoms with E-state index < -0.39 is 5.41 Å². The van der Waals surface area contributed by atoms with Crippen molar-refractivity contribution in [2.45, 2.75) is 31.6 Å². The molecule has 2 nitrogen and oxygen atoms in total. The van der Waals surface area contributed by atoms with Gasteiger partial charge in [-0.15, -0.1) is 0 Å². The van der Waals surface area contributed by atoms with Crippen LogP contribution in [0.25, 0.3) is 22.3 Å². The van der Waals surface area contributed by atoms with Crippen molar-refractivity contribution in [2.24, 2.45) is 0 Å². The zero-order valence-electron chi connectivity index (χ0n) is 28.0. The first-order valence-corrected chi connectivity index (χ1v) is 17.1. The second-order valence-corrected chi connectivity index (χ2v) is 14.2. The lowest BCUT2D eigenvalue weighted by Gasteiger charge is -2.40. The van der Waals surface area contributed by atoms with Gasteiger partial charge < -0.3 is 9.64 Å². The van der Waals surface area contributed by atoms with Gasteiger partial charge in [0.05, 0.1) is 5.41 Å². The number of para-hydroxylation sites is 2. The normalized spacial score (nSPS) is 13.5. The smallest absolute Gasteiger partial charge is 0.132 e. The molecule has 7 aromatic rings. The molecule has 1 aliphatic carbocycles. The Kier molecular flexibility index (Phi) is 6.64. The molecule has 0 unspecified atom stereocenters. The molecule has 0 N–H and O–H groups in total. The van der Waals surface area contributed by atoms with Gasteiger partial charge in [0.2, 0.25) is 0 Å². The predicted octanol–water partition coefficient (Wildman–Crippen LogP) is 12.6. The molecule has 2 heteroatoms. The summed E-state index contributed by atoms with van der Waals surface area (Å²) in [6.45, 7) is 6.77. The van der Waals surface area contributed by atoms with Crippen LogP contribution in [0.2, 0.25) is 0 Å². The number of nitrogens with zero attached hydrogens (tertiary/aromatic N) is 1. The third-order valence-electron chi connectivity index (χ3n) is 10.3. The summed E-state index contributed by atoms with van der Waals surface area (Å²) in [5.41, 5.74) is 14.1. The minimum Gasteiger partial charge on any atom is -0.457 e. The fraction of sp³-hybridized carbons (Fsp3) is 0.106. The highest BCUT2D eigenvalue weighted by molar-refractivity contribution is 5.89. The summed E-state index contributed by atoms with van der Waals surface area (Å²) in [7, 11) is 0. The zero-order valence-corrected chi connectivity index (χ0v) is 28.0. The monoisotopic (exact) mass is 631 g/mol. The van der Waals surface area contributed by atoms with Crippen LogP contribution in [-0.2, 0) is 10.8 Å². The van der Waals surface area contributed by atoms with Gasteiger partial charge in [-0.1, -0.05) is 142 Å². The molecule has 0 atom stereocenters. The number of ether oxygens (including phenoxy) is 1. The average molecular weight is 632 g/mol. The van der Waals surface area contributed by atoms with E-state index in [-0.39, 0.29) is 5.41 Å². The Balaban J connectivity index is 1.22. The molecule has 0 saturated heterocycles. The summed E-state index contributed by atoms with van der Waals surface area (Å²) >= 11 is 0. The molecule has 1 spiro atoms. The first kappa shape index (κ1) is 29.3. The van der Waals surface area contributed by atoms with Gasteiger partial charge in [0.25, 0.3) is 0 Å². The Bertz CT molecular complexity index is 2280. The molecular weight excluding hydrogens is 595 g/mol. The second kappa shape index (κ2) is 11.1. The fourth-order valence-corrected chi connectivity index (χ4v) is 7.97. The van der Waals surface area contributed by atoms with E-state index in [4.69, 9.17) is 4.74 Å². The van der Waals surface area contributed by atoms with Crippen LogP contribution >= 0.6 is 0 Å². The first-order chi connectivity index (χ1) is 23.9. The highest BCUT2D eigenvalue weighted by Crippen LogP contribution is 2.62. The van der Waals surface area contributed by atoms with E-state index in [9.17, 15) is 0 Å². The fourth-order valence-electron chi connectivity index (χ4n) is 7.97. The van der Waals surface area contributed by atoms with Gasteiger partial charge >= 0.3 is 0 Å². The summed E-state index contributed by atoms with van der Waals surface area (Å²) in [5.74, 6) is 1.79. The van der Waals surface area contributed by atoms with Crippen molar-refractivity contribution in [1.29, 1.82) is 0 Å². The van der Waals surface area contributed by atoms with E-state index >= 15 is 0 Å². The van der Waals surface area contributed by atoms with Gasteiger partial charge in [0.15, 0.2) is 0 Å². The van der Waals surface area contributed by atoms with Crippen molar-refractivity contribution < 1.29 is 4.74 Å². The van der Waals surface area contributed by atoms with Crippen LogP contribution in [0.1, 0.15) is 48.6 Å². The highest BCUT2D eigenvalue weighted by atomic mass is 16.5. The van der Waals surface area contributed by atoms with E-state index in [1.165, 1.54) is 44.5 Å². The molecule has 0 amide bonds. The number of hydrogen-bond acceptors (Lipinski definition) is 2. The van der Waals surface area contributed by atoms with E-state index in [1.54, 1.807) is 0 Å². The predicted molar refractivity (Wildman–Crippen MR) is 203 cm³/mol. The van der Waals surface area contributed by atoms with Crippen LogP contribution in [0.15, 0.2) is 170 Å². The van der Waals surface area contributed by atoms with E-state index in [0.717, 1.165) is 34.1 Å². The molecule has 236 valence electrons. The quantitative estimate of drug-likeness (QED) is 0.192. The molecule has 2 aliphatic rings. The van der Waals surface area contributed by atoms with Crippen molar-refractivity contribution in [1.82, 2.24) is 0 Å². The third-order valence-corrected chi connectivity index (χ3v) is 10.3. The van der Waals surface area contributed by atoms with Crippen molar-refractivity contribution in [3.05, 3.63) is 198 Å². The molecule has 0 aromatic heterocycles. The maximum absolute atomic E-state index is 6.72. The summed E-state index contributed by atoms with van der Waals surface area (Å²) < 4.78 is 6.72. The van der Waals surface area contributed by atoms with Crippen LogP contribution in [0.4, 0.5) is 17.1 Å². The molecule has 0 fully saturated rings. The van der Waals surface area contributed by atoms with Crippen molar-refractivity contribution in [3.8, 4) is 33.8 Å². The van der Waals surface area contributed by atoms with Gasteiger partial charge in [-0.05, 0) is 92.9 Å². The van der Waals surface area contributed by atoms with E-state index in [0.29, 0.717) is 0 Å². The van der Waals surface area contributed by atoms with E-state index in [1.807, 2.05) is 0 Å². The minimum atomic E-state index is -0.515. The molecule has 49 heavy (non-hydrogen) atoms. The van der Waals surface area contributed by atoms with Crippen LogP contribution in [-0.4, -0.2) is 0 Å². The average Bonchev–Trinajstić information content (AvgIpc) is 3.43. The van der Waals surface area contributed by atoms with Gasteiger partial charge in [-0.2, -0.15) is 0 Å². The number of anilines is 3. The number of hydrogen-bond donors (Lipinski definition) is 0. The van der Waals surface area contributed by atoms with Gasteiger partial charge in [-0.3, -0.25) is 0 Å². The third kappa shape index (κ3) is 4.55. The molecule has 1 aliphatic heterocycles. The molecule has 9 rings (SSSR count). The van der Waals surface area contributed by atoms with Gasteiger partial charge in [0, 0.05) is 28.2 Å². The molecule has 0 bridgehead atoms. The Morgan fingerprint density at radius 1 is 0.429 bits per heavy atom. The van der Waals surface area contributed by atoms with Crippen molar-refractivity contribution in [3.63, 3.8) is 0 Å². The molecule has 7 aromatic carbocycles. The molecule has 1 heterocycles. The van der Waals surface area contributed by atoms with Crippen LogP contribution < -0.4 is 9.64 Å². The topological polar surface area (TPSA) is 12.5 Å². The lowest BCUT2D eigenvalue weighted by Crippen LogP contribution is -2.32. The number of rotatable bonds is 4. The van der Waals surface area contributed by atoms with Crippen LogP contribution in [0.5, 0.6) is 11.5 Å². The largest absolute Gasteiger partial charge is 0.457 e. The summed E-state index contributed by atoms with van der Waals surface area (Å²) in [6.07, 6.45) is 0. The van der Waals surface area contributed by atoms with Crippen molar-refractivity contribution in [2.75, 3.05) is 4.90 Å². The lowest BCUT2D eigenvalue weighted by atomic mass is 9.66. The lowest BCUT2D eigenvalue weighted by molar-refractivity contribution is 0.436.